The highest BCUT2D eigenvalue weighted by atomic mass is 35.5. The van der Waals surface area contributed by atoms with Crippen LogP contribution in [0.1, 0.15) is 70.2 Å². The molecule has 3 aromatic carbocycles. The van der Waals surface area contributed by atoms with Crippen LogP contribution in [0.5, 0.6) is 0 Å². The fraction of sp³-hybridized carbons (Fsp3) is 0.312. The van der Waals surface area contributed by atoms with Gasteiger partial charge in [-0.1, -0.05) is 38.4 Å². The number of carboxylic acid groups (broad SMARTS) is 1. The molecule has 1 amide bonds. The summed E-state index contributed by atoms with van der Waals surface area (Å²) in [7, 11) is 0. The van der Waals surface area contributed by atoms with Gasteiger partial charge in [-0.3, -0.25) is 19.1 Å². The molecule has 0 radical (unpaired) electrons. The molecule has 0 spiro atoms. The maximum absolute atomic E-state index is 13.9. The number of hydrogen-bond donors (Lipinski definition) is 3. The molecule has 0 saturated carbocycles. The lowest BCUT2D eigenvalue weighted by Crippen LogP contribution is -2.39. The summed E-state index contributed by atoms with van der Waals surface area (Å²) in [5.41, 5.74) is -1.58. The summed E-state index contributed by atoms with van der Waals surface area (Å²) >= 11 is 6.46. The Kier molecular flexibility index (Phi) is 8.51. The van der Waals surface area contributed by atoms with Crippen molar-refractivity contribution in [1.82, 2.24) is 0 Å². The van der Waals surface area contributed by atoms with Crippen molar-refractivity contribution in [3.05, 3.63) is 102 Å². The Bertz CT molecular complexity index is 1920. The molecular weight excluding hydrogens is 631 g/mol. The summed E-state index contributed by atoms with van der Waals surface area (Å²) < 4.78 is 47.1. The lowest BCUT2D eigenvalue weighted by Gasteiger charge is -2.31. The fourth-order valence-electron chi connectivity index (χ4n) is 5.36. The van der Waals surface area contributed by atoms with Gasteiger partial charge in [-0.15, -0.1) is 13.2 Å². The Labute approximate surface area is 265 Å². The number of aromatic carboxylic acids is 1. The number of benzene rings is 2. The lowest BCUT2D eigenvalue weighted by atomic mass is 9.85. The monoisotopic (exact) mass is 659 g/mol. The van der Waals surface area contributed by atoms with E-state index < -0.39 is 47.2 Å². The number of nitrogens with one attached hydrogen (secondary N) is 2. The van der Waals surface area contributed by atoms with E-state index in [1.54, 1.807) is 19.1 Å². The third kappa shape index (κ3) is 6.38. The number of fused-ring (bicyclic) bond motifs is 1. The van der Waals surface area contributed by atoms with E-state index >= 15 is 0 Å². The van der Waals surface area contributed by atoms with Crippen molar-refractivity contribution >= 4 is 46.2 Å². The topological polar surface area (TPSA) is 138 Å². The van der Waals surface area contributed by atoms with E-state index in [9.17, 15) is 37.5 Å². The normalized spacial score (nSPS) is 14.1. The number of amides is 1. The summed E-state index contributed by atoms with van der Waals surface area (Å²) in [5.74, 6) is -0.803. The maximum atomic E-state index is 13.9. The largest absolute Gasteiger partial charge is 0.522 e. The average Bonchev–Trinajstić information content (AvgIpc) is 3.55. The minimum absolute atomic E-state index is 0.00641. The van der Waals surface area contributed by atoms with Crippen LogP contribution in [-0.4, -0.2) is 30.0 Å². The van der Waals surface area contributed by atoms with Crippen molar-refractivity contribution in [1.29, 1.82) is 0 Å². The first-order valence-corrected chi connectivity index (χ1v) is 14.5. The van der Waals surface area contributed by atoms with Crippen LogP contribution in [0, 0.1) is 12.3 Å². The van der Waals surface area contributed by atoms with Gasteiger partial charge in [-0.05, 0) is 60.7 Å². The van der Waals surface area contributed by atoms with E-state index in [0.29, 0.717) is 22.6 Å². The van der Waals surface area contributed by atoms with Crippen LogP contribution in [0.3, 0.4) is 0 Å². The Hall–Kier alpha value is -4.62. The summed E-state index contributed by atoms with van der Waals surface area (Å²) in [5, 5.41) is 16.1. The molecule has 0 bridgehead atoms. The van der Waals surface area contributed by atoms with Gasteiger partial charge in [0, 0.05) is 10.6 Å². The van der Waals surface area contributed by atoms with Crippen molar-refractivity contribution in [2.45, 2.75) is 53.1 Å². The summed E-state index contributed by atoms with van der Waals surface area (Å²) in [4.78, 5) is 52.6. The van der Waals surface area contributed by atoms with Gasteiger partial charge >= 0.3 is 12.3 Å². The van der Waals surface area contributed by atoms with Crippen LogP contribution in [-0.2, 0) is 17.7 Å². The molecule has 0 aliphatic carbocycles. The van der Waals surface area contributed by atoms with Crippen LogP contribution in [0.4, 0.5) is 35.9 Å². The van der Waals surface area contributed by atoms with Gasteiger partial charge in [0.15, 0.2) is 0 Å². The molecule has 4 aromatic rings. The molecule has 1 aliphatic rings. The number of halogens is 4. The first kappa shape index (κ1) is 32.8. The van der Waals surface area contributed by atoms with Gasteiger partial charge in [0.2, 0.25) is 0 Å². The highest BCUT2D eigenvalue weighted by Gasteiger charge is 2.37. The number of furan rings is 1. The number of carboxylic acids is 1. The number of hydrogen-bond acceptors (Lipinski definition) is 8. The van der Waals surface area contributed by atoms with Crippen molar-refractivity contribution in [2.24, 2.45) is 5.41 Å². The second-order valence-corrected chi connectivity index (χ2v) is 12.4. The van der Waals surface area contributed by atoms with Crippen molar-refractivity contribution in [3.63, 3.8) is 0 Å². The molecule has 3 N–H and O–H groups in total. The Morgan fingerprint density at radius 1 is 1.07 bits per heavy atom. The van der Waals surface area contributed by atoms with Crippen LogP contribution in [0.2, 0.25) is 5.02 Å². The minimum Gasteiger partial charge on any atom is -0.478 e. The molecule has 2 heterocycles. The van der Waals surface area contributed by atoms with Crippen LogP contribution in [0.25, 0.3) is 0 Å². The van der Waals surface area contributed by atoms with Gasteiger partial charge in [-0.25, -0.2) is 4.79 Å². The zero-order chi connectivity index (χ0) is 33.7. The molecule has 1 aliphatic heterocycles. The predicted octanol–water partition coefficient (Wildman–Crippen LogP) is 6.72. The number of nitrogens with zero attached hydrogens (tertiary/aromatic N) is 1. The van der Waals surface area contributed by atoms with Gasteiger partial charge in [-0.2, -0.15) is 0 Å². The SMILES string of the molecule is Cc1ccc([C@H](Nc2c(Nc3ccc(Cl)c4c3C(=O)N(c3cc(CCOC(F)(F)F)ccc3C(=O)O)C4)c(=O)c2=O)C(C)(C)C)o1. The number of rotatable bonds is 10. The van der Waals surface area contributed by atoms with Crippen LogP contribution >= 0.6 is 11.6 Å². The molecule has 1 atom stereocenters. The molecule has 10 nitrogen and oxygen atoms in total. The third-order valence-electron chi connectivity index (χ3n) is 7.64. The van der Waals surface area contributed by atoms with Gasteiger partial charge in [0.25, 0.3) is 16.8 Å². The first-order chi connectivity index (χ1) is 21.5. The molecule has 14 heteroatoms. The molecular formula is C32H29ClF3N3O7. The summed E-state index contributed by atoms with van der Waals surface area (Å²) in [6.07, 6.45) is -5.04. The van der Waals surface area contributed by atoms with E-state index in [4.69, 9.17) is 16.0 Å². The number of ether oxygens (including phenoxy) is 1. The Morgan fingerprint density at radius 3 is 2.37 bits per heavy atom. The van der Waals surface area contributed by atoms with E-state index in [-0.39, 0.29) is 51.9 Å². The van der Waals surface area contributed by atoms with Crippen LogP contribution < -0.4 is 26.4 Å². The Balaban J connectivity index is 1.47. The number of aryl methyl sites for hydroxylation is 1. The highest BCUT2D eigenvalue weighted by Crippen LogP contribution is 2.41. The molecule has 46 heavy (non-hydrogen) atoms. The first-order valence-electron chi connectivity index (χ1n) is 14.1. The second kappa shape index (κ2) is 12.0. The smallest absolute Gasteiger partial charge is 0.478 e. The lowest BCUT2D eigenvalue weighted by molar-refractivity contribution is -0.324. The average molecular weight is 660 g/mol. The van der Waals surface area contributed by atoms with Crippen molar-refractivity contribution in [2.75, 3.05) is 22.1 Å². The molecule has 5 rings (SSSR count). The van der Waals surface area contributed by atoms with Gasteiger partial charge in [0.05, 0.1) is 41.7 Å². The molecule has 0 fully saturated rings. The third-order valence-corrected chi connectivity index (χ3v) is 8.00. The molecule has 0 unspecified atom stereocenters. The summed E-state index contributed by atoms with van der Waals surface area (Å²) in [6, 6.07) is 9.87. The fourth-order valence-corrected chi connectivity index (χ4v) is 5.57. The second-order valence-electron chi connectivity index (χ2n) is 12.0. The maximum Gasteiger partial charge on any atom is 0.522 e. The van der Waals surface area contributed by atoms with Crippen molar-refractivity contribution in [3.8, 4) is 0 Å². The van der Waals surface area contributed by atoms with Gasteiger partial charge < -0.3 is 25.1 Å². The minimum atomic E-state index is -4.83. The molecule has 0 saturated heterocycles. The standard InChI is InChI=1S/C32H29ClF3N3O7/c1-15-5-10-22(46-15)28(31(2,3)4)38-25-24(26(40)27(25)41)37-20-9-8-19(33)18-14-39(29(42)23(18)20)21-13-16(6-7-17(21)30(43)44)11-12-45-32(34,35)36/h5-10,13,28,37-38H,11-12,14H2,1-4H3,(H,43,44)/t28-/m0/s1. The van der Waals surface area contributed by atoms with Crippen LogP contribution in [0.15, 0.2) is 56.5 Å². The summed E-state index contributed by atoms with van der Waals surface area (Å²) in [6.45, 7) is 6.72. The number of anilines is 4. The Morgan fingerprint density at radius 2 is 1.76 bits per heavy atom. The van der Waals surface area contributed by atoms with E-state index in [1.807, 2.05) is 20.8 Å². The molecule has 242 valence electrons. The quantitative estimate of drug-likeness (QED) is 0.158. The van der Waals surface area contributed by atoms with E-state index in [2.05, 4.69) is 15.4 Å². The van der Waals surface area contributed by atoms with Gasteiger partial charge in [0.1, 0.15) is 22.9 Å². The zero-order valence-corrected chi connectivity index (χ0v) is 25.9. The number of alkyl halides is 3. The zero-order valence-electron chi connectivity index (χ0n) is 25.1. The van der Waals surface area contributed by atoms with E-state index in [1.165, 1.54) is 30.3 Å². The molecule has 1 aromatic heterocycles. The van der Waals surface area contributed by atoms with Crippen molar-refractivity contribution < 1.29 is 37.0 Å². The van der Waals surface area contributed by atoms with E-state index in [0.717, 1.165) is 4.90 Å². The number of carbonyl (C=O) groups excluding carboxylic acids is 1. The highest BCUT2D eigenvalue weighted by molar-refractivity contribution is 6.33. The number of carbonyl (C=O) groups is 2. The predicted molar refractivity (Wildman–Crippen MR) is 165 cm³/mol.